The molecule has 7 heteroatoms. The molecule has 128 valence electrons. The van der Waals surface area contributed by atoms with Gasteiger partial charge in [0.25, 0.3) is 0 Å². The van der Waals surface area contributed by atoms with E-state index < -0.39 is 11.2 Å². The SMILES string of the molecule is CCOC(=O)CC1S/C(=C/C(=O)NCCc2ccccc2)NC1=O. The first-order chi connectivity index (χ1) is 11.6. The van der Waals surface area contributed by atoms with E-state index in [1.54, 1.807) is 6.92 Å². The lowest BCUT2D eigenvalue weighted by atomic mass is 10.1. The highest BCUT2D eigenvalue weighted by Gasteiger charge is 2.31. The standard InChI is InChI=1S/C17H20N2O4S/c1-2-23-16(21)10-13-17(22)19-15(24-13)11-14(20)18-9-8-12-6-4-3-5-7-12/h3-7,11,13H,2,8-10H2,1H3,(H,18,20)(H,19,22)/b15-11+. The molecule has 1 aromatic carbocycles. The molecule has 1 aromatic rings. The van der Waals surface area contributed by atoms with Gasteiger partial charge in [0, 0.05) is 12.6 Å². The summed E-state index contributed by atoms with van der Waals surface area (Å²) in [6, 6.07) is 9.84. The molecule has 0 aromatic heterocycles. The molecule has 1 fully saturated rings. The van der Waals surface area contributed by atoms with Crippen LogP contribution in [0.2, 0.25) is 0 Å². The van der Waals surface area contributed by atoms with Crippen LogP contribution in [0.4, 0.5) is 0 Å². The molecular weight excluding hydrogens is 328 g/mol. The quantitative estimate of drug-likeness (QED) is 0.574. The zero-order chi connectivity index (χ0) is 17.4. The van der Waals surface area contributed by atoms with Crippen LogP contribution in [0.25, 0.3) is 0 Å². The van der Waals surface area contributed by atoms with E-state index in [2.05, 4.69) is 10.6 Å². The Morgan fingerprint density at radius 1 is 1.33 bits per heavy atom. The molecule has 1 atom stereocenters. The number of benzene rings is 1. The molecule has 2 rings (SSSR count). The summed E-state index contributed by atoms with van der Waals surface area (Å²) in [5, 5.41) is 5.29. The van der Waals surface area contributed by atoms with Crippen LogP contribution < -0.4 is 10.6 Å². The number of carbonyl (C=O) groups is 3. The Balaban J connectivity index is 1.77. The Hall–Kier alpha value is -2.28. The summed E-state index contributed by atoms with van der Waals surface area (Å²) in [5.74, 6) is -0.972. The normalized spacial score (nSPS) is 18.3. The summed E-state index contributed by atoms with van der Waals surface area (Å²) < 4.78 is 4.83. The van der Waals surface area contributed by atoms with Crippen molar-refractivity contribution in [2.45, 2.75) is 25.0 Å². The van der Waals surface area contributed by atoms with E-state index in [1.807, 2.05) is 30.3 Å². The van der Waals surface area contributed by atoms with Gasteiger partial charge in [-0.05, 0) is 18.9 Å². The number of hydrogen-bond acceptors (Lipinski definition) is 5. The molecule has 0 aliphatic carbocycles. The van der Waals surface area contributed by atoms with Crippen molar-refractivity contribution in [2.24, 2.45) is 0 Å². The smallest absolute Gasteiger partial charge is 0.307 e. The molecule has 0 bridgehead atoms. The average molecular weight is 348 g/mol. The zero-order valence-corrected chi connectivity index (χ0v) is 14.2. The van der Waals surface area contributed by atoms with Crippen LogP contribution >= 0.6 is 11.8 Å². The second-order valence-corrected chi connectivity index (χ2v) is 6.38. The zero-order valence-electron chi connectivity index (χ0n) is 13.4. The van der Waals surface area contributed by atoms with Crippen molar-refractivity contribution in [2.75, 3.05) is 13.2 Å². The number of esters is 1. The van der Waals surface area contributed by atoms with Crippen LogP contribution in [-0.4, -0.2) is 36.2 Å². The fourth-order valence-corrected chi connectivity index (χ4v) is 3.19. The molecule has 1 unspecified atom stereocenters. The molecule has 1 aliphatic rings. The van der Waals surface area contributed by atoms with E-state index in [9.17, 15) is 14.4 Å². The summed E-state index contributed by atoms with van der Waals surface area (Å²) in [6.07, 6.45) is 2.08. The van der Waals surface area contributed by atoms with Gasteiger partial charge < -0.3 is 15.4 Å². The van der Waals surface area contributed by atoms with Crippen LogP contribution in [-0.2, 0) is 25.5 Å². The largest absolute Gasteiger partial charge is 0.466 e. The third-order valence-electron chi connectivity index (χ3n) is 3.28. The van der Waals surface area contributed by atoms with Gasteiger partial charge in [-0.25, -0.2) is 0 Å². The lowest BCUT2D eigenvalue weighted by Crippen LogP contribution is -2.26. The third kappa shape index (κ3) is 5.73. The Bertz CT molecular complexity index is 631. The van der Waals surface area contributed by atoms with Gasteiger partial charge in [0.1, 0.15) is 5.25 Å². The molecule has 1 heterocycles. The van der Waals surface area contributed by atoms with E-state index in [4.69, 9.17) is 4.74 Å². The maximum absolute atomic E-state index is 11.9. The van der Waals surface area contributed by atoms with Gasteiger partial charge >= 0.3 is 5.97 Å². The molecular formula is C17H20N2O4S. The fourth-order valence-electron chi connectivity index (χ4n) is 2.16. The van der Waals surface area contributed by atoms with Crippen LogP contribution in [0.15, 0.2) is 41.4 Å². The van der Waals surface area contributed by atoms with Gasteiger partial charge in [-0.3, -0.25) is 14.4 Å². The number of rotatable bonds is 7. The minimum Gasteiger partial charge on any atom is -0.466 e. The first kappa shape index (κ1) is 18.1. The van der Waals surface area contributed by atoms with Gasteiger partial charge in [-0.1, -0.05) is 42.1 Å². The molecule has 24 heavy (non-hydrogen) atoms. The number of thioether (sulfide) groups is 1. The maximum Gasteiger partial charge on any atom is 0.307 e. The minimum atomic E-state index is -0.549. The first-order valence-corrected chi connectivity index (χ1v) is 8.63. The summed E-state index contributed by atoms with van der Waals surface area (Å²) >= 11 is 1.17. The summed E-state index contributed by atoms with van der Waals surface area (Å²) in [5.41, 5.74) is 1.14. The van der Waals surface area contributed by atoms with E-state index >= 15 is 0 Å². The highest BCUT2D eigenvalue weighted by molar-refractivity contribution is 8.04. The Morgan fingerprint density at radius 2 is 2.08 bits per heavy atom. The maximum atomic E-state index is 11.9. The van der Waals surface area contributed by atoms with E-state index in [1.165, 1.54) is 17.8 Å². The van der Waals surface area contributed by atoms with Gasteiger partial charge in [0.15, 0.2) is 0 Å². The average Bonchev–Trinajstić information content (AvgIpc) is 2.88. The van der Waals surface area contributed by atoms with Crippen LogP contribution in [0.1, 0.15) is 18.9 Å². The molecule has 0 spiro atoms. The Kier molecular flexibility index (Phi) is 6.87. The highest BCUT2D eigenvalue weighted by Crippen LogP contribution is 2.29. The minimum absolute atomic E-state index is 0.00267. The fraction of sp³-hybridized carbons (Fsp3) is 0.353. The molecule has 1 saturated heterocycles. The van der Waals surface area contributed by atoms with Crippen molar-refractivity contribution in [1.29, 1.82) is 0 Å². The Labute approximate surface area is 145 Å². The summed E-state index contributed by atoms with van der Waals surface area (Å²) in [4.78, 5) is 35.1. The lowest BCUT2D eigenvalue weighted by Gasteiger charge is -2.04. The summed E-state index contributed by atoms with van der Waals surface area (Å²) in [7, 11) is 0. The number of nitrogens with one attached hydrogen (secondary N) is 2. The Morgan fingerprint density at radius 3 is 2.79 bits per heavy atom. The molecule has 2 N–H and O–H groups in total. The van der Waals surface area contributed by atoms with E-state index in [-0.39, 0.29) is 24.8 Å². The predicted octanol–water partition coefficient (Wildman–Crippen LogP) is 1.37. The first-order valence-electron chi connectivity index (χ1n) is 7.75. The number of amides is 2. The lowest BCUT2D eigenvalue weighted by molar-refractivity contribution is -0.144. The van der Waals surface area contributed by atoms with Crippen molar-refractivity contribution >= 4 is 29.5 Å². The predicted molar refractivity (Wildman–Crippen MR) is 92.0 cm³/mol. The summed E-state index contributed by atoms with van der Waals surface area (Å²) in [6.45, 7) is 2.51. The van der Waals surface area contributed by atoms with E-state index in [0.29, 0.717) is 11.6 Å². The molecule has 0 saturated carbocycles. The third-order valence-corrected chi connectivity index (χ3v) is 4.42. The van der Waals surface area contributed by atoms with Gasteiger partial charge in [-0.15, -0.1) is 0 Å². The second-order valence-electron chi connectivity index (χ2n) is 5.14. The van der Waals surface area contributed by atoms with Crippen molar-refractivity contribution in [3.8, 4) is 0 Å². The van der Waals surface area contributed by atoms with Gasteiger partial charge in [0.05, 0.1) is 18.1 Å². The van der Waals surface area contributed by atoms with Crippen LogP contribution in [0, 0.1) is 0 Å². The molecule has 6 nitrogen and oxygen atoms in total. The monoisotopic (exact) mass is 348 g/mol. The van der Waals surface area contributed by atoms with Crippen molar-refractivity contribution < 1.29 is 19.1 Å². The van der Waals surface area contributed by atoms with Gasteiger partial charge in [-0.2, -0.15) is 0 Å². The highest BCUT2D eigenvalue weighted by atomic mass is 32.2. The molecule has 0 radical (unpaired) electrons. The molecule has 1 aliphatic heterocycles. The number of carbonyl (C=O) groups excluding carboxylic acids is 3. The topological polar surface area (TPSA) is 84.5 Å². The van der Waals surface area contributed by atoms with Gasteiger partial charge in [0.2, 0.25) is 11.8 Å². The van der Waals surface area contributed by atoms with Crippen molar-refractivity contribution in [1.82, 2.24) is 10.6 Å². The van der Waals surface area contributed by atoms with Crippen LogP contribution in [0.5, 0.6) is 0 Å². The number of ether oxygens (including phenoxy) is 1. The van der Waals surface area contributed by atoms with Crippen molar-refractivity contribution in [3.05, 3.63) is 47.0 Å². The van der Waals surface area contributed by atoms with Crippen LogP contribution in [0.3, 0.4) is 0 Å². The number of hydrogen-bond donors (Lipinski definition) is 2. The molecule has 2 amide bonds. The second kappa shape index (κ2) is 9.12. The van der Waals surface area contributed by atoms with Crippen molar-refractivity contribution in [3.63, 3.8) is 0 Å². The van der Waals surface area contributed by atoms with E-state index in [0.717, 1.165) is 12.0 Å².